The summed E-state index contributed by atoms with van der Waals surface area (Å²) in [6.45, 7) is 2.58. The maximum atomic E-state index is 12.2. The van der Waals surface area contributed by atoms with Gasteiger partial charge < -0.3 is 19.1 Å². The summed E-state index contributed by atoms with van der Waals surface area (Å²) in [6, 6.07) is 5.02. The average Bonchev–Trinajstić information content (AvgIpc) is 2.91. The second-order valence-electron chi connectivity index (χ2n) is 4.35. The van der Waals surface area contributed by atoms with E-state index in [9.17, 15) is 9.59 Å². The normalized spacial score (nSPS) is 12.1. The molecule has 1 aliphatic heterocycles. The fourth-order valence-corrected chi connectivity index (χ4v) is 1.84. The van der Waals surface area contributed by atoms with E-state index >= 15 is 0 Å². The molecule has 0 aromatic heterocycles. The fourth-order valence-electron chi connectivity index (χ4n) is 1.84. The van der Waals surface area contributed by atoms with Crippen molar-refractivity contribution in [1.82, 2.24) is 4.90 Å². The minimum Gasteiger partial charge on any atom is -0.466 e. The van der Waals surface area contributed by atoms with E-state index in [2.05, 4.69) is 0 Å². The van der Waals surface area contributed by atoms with E-state index in [0.717, 1.165) is 0 Å². The van der Waals surface area contributed by atoms with E-state index in [-0.39, 0.29) is 25.1 Å². The van der Waals surface area contributed by atoms with Crippen molar-refractivity contribution < 1.29 is 23.8 Å². The van der Waals surface area contributed by atoms with E-state index in [1.807, 2.05) is 0 Å². The molecule has 1 aromatic rings. The van der Waals surface area contributed by atoms with Crippen LogP contribution in [-0.4, -0.2) is 43.8 Å². The number of ether oxygens (including phenoxy) is 3. The first-order valence-corrected chi connectivity index (χ1v) is 6.42. The number of nitrogens with zero attached hydrogens (tertiary/aromatic N) is 1. The molecule has 0 radical (unpaired) electrons. The van der Waals surface area contributed by atoms with Gasteiger partial charge in [-0.3, -0.25) is 9.59 Å². The van der Waals surface area contributed by atoms with Crippen LogP contribution in [-0.2, 0) is 9.53 Å². The number of rotatable bonds is 5. The molecule has 20 heavy (non-hydrogen) atoms. The number of esters is 1. The third-order valence-electron chi connectivity index (χ3n) is 2.92. The average molecular weight is 279 g/mol. The van der Waals surface area contributed by atoms with Crippen molar-refractivity contribution in [3.8, 4) is 11.5 Å². The largest absolute Gasteiger partial charge is 0.466 e. The van der Waals surface area contributed by atoms with E-state index in [4.69, 9.17) is 14.2 Å². The Bertz CT molecular complexity index is 514. The summed E-state index contributed by atoms with van der Waals surface area (Å²) in [4.78, 5) is 24.9. The summed E-state index contributed by atoms with van der Waals surface area (Å²) in [5, 5.41) is 0. The van der Waals surface area contributed by atoms with Crippen LogP contribution in [0.3, 0.4) is 0 Å². The molecule has 0 N–H and O–H groups in total. The van der Waals surface area contributed by atoms with Crippen LogP contribution in [0.4, 0.5) is 0 Å². The lowest BCUT2D eigenvalue weighted by atomic mass is 10.1. The summed E-state index contributed by atoms with van der Waals surface area (Å²) in [6.07, 6.45) is 0.181. The molecule has 2 rings (SSSR count). The zero-order valence-corrected chi connectivity index (χ0v) is 11.5. The van der Waals surface area contributed by atoms with Crippen molar-refractivity contribution in [3.63, 3.8) is 0 Å². The predicted molar refractivity (Wildman–Crippen MR) is 70.8 cm³/mol. The molecule has 0 saturated heterocycles. The third kappa shape index (κ3) is 3.20. The van der Waals surface area contributed by atoms with Gasteiger partial charge in [-0.2, -0.15) is 0 Å². The Kier molecular flexibility index (Phi) is 4.45. The lowest BCUT2D eigenvalue weighted by Crippen LogP contribution is -2.29. The van der Waals surface area contributed by atoms with Gasteiger partial charge >= 0.3 is 5.97 Å². The van der Waals surface area contributed by atoms with Gasteiger partial charge in [-0.1, -0.05) is 0 Å². The van der Waals surface area contributed by atoms with E-state index < -0.39 is 0 Å². The van der Waals surface area contributed by atoms with Gasteiger partial charge in [0.25, 0.3) is 5.91 Å². The first-order valence-electron chi connectivity index (χ1n) is 6.42. The van der Waals surface area contributed by atoms with Gasteiger partial charge in [0.15, 0.2) is 11.5 Å². The van der Waals surface area contributed by atoms with Crippen molar-refractivity contribution in [2.75, 3.05) is 27.0 Å². The highest BCUT2D eigenvalue weighted by atomic mass is 16.7. The summed E-state index contributed by atoms with van der Waals surface area (Å²) in [7, 11) is 1.64. The Morgan fingerprint density at radius 1 is 1.30 bits per heavy atom. The molecule has 1 amide bonds. The van der Waals surface area contributed by atoms with Gasteiger partial charge in [0, 0.05) is 19.2 Å². The van der Waals surface area contributed by atoms with Gasteiger partial charge in [0.1, 0.15) is 0 Å². The molecular formula is C14H17NO5. The highest BCUT2D eigenvalue weighted by molar-refractivity contribution is 5.95. The van der Waals surface area contributed by atoms with E-state index in [1.165, 1.54) is 4.90 Å². The number of fused-ring (bicyclic) bond motifs is 1. The molecule has 0 saturated carbocycles. The van der Waals surface area contributed by atoms with Crippen LogP contribution < -0.4 is 9.47 Å². The molecule has 1 heterocycles. The zero-order valence-electron chi connectivity index (χ0n) is 11.5. The molecular weight excluding hydrogens is 262 g/mol. The topological polar surface area (TPSA) is 65.1 Å². The number of hydrogen-bond acceptors (Lipinski definition) is 5. The van der Waals surface area contributed by atoms with Gasteiger partial charge in [-0.15, -0.1) is 0 Å². The fraction of sp³-hybridized carbons (Fsp3) is 0.429. The Hall–Kier alpha value is -2.24. The van der Waals surface area contributed by atoms with Crippen LogP contribution in [0.5, 0.6) is 11.5 Å². The smallest absolute Gasteiger partial charge is 0.307 e. The molecule has 0 atom stereocenters. The maximum absolute atomic E-state index is 12.2. The SMILES string of the molecule is CCOC(=O)CCN(C)C(=O)c1ccc2c(c1)OCO2. The van der Waals surface area contributed by atoms with Crippen LogP contribution in [0.25, 0.3) is 0 Å². The Morgan fingerprint density at radius 2 is 2.05 bits per heavy atom. The number of amides is 1. The van der Waals surface area contributed by atoms with E-state index in [1.54, 1.807) is 32.2 Å². The monoisotopic (exact) mass is 279 g/mol. The standard InChI is InChI=1S/C14H17NO5/c1-3-18-13(16)6-7-15(2)14(17)10-4-5-11-12(8-10)20-9-19-11/h4-5,8H,3,6-7,9H2,1-2H3. The van der Waals surface area contributed by atoms with Crippen LogP contribution in [0.15, 0.2) is 18.2 Å². The number of carbonyl (C=O) groups is 2. The lowest BCUT2D eigenvalue weighted by molar-refractivity contribution is -0.143. The zero-order chi connectivity index (χ0) is 14.5. The molecule has 0 spiro atoms. The lowest BCUT2D eigenvalue weighted by Gasteiger charge is -2.16. The Balaban J connectivity index is 1.95. The second kappa shape index (κ2) is 6.27. The van der Waals surface area contributed by atoms with Crippen molar-refractivity contribution >= 4 is 11.9 Å². The third-order valence-corrected chi connectivity index (χ3v) is 2.92. The van der Waals surface area contributed by atoms with Gasteiger partial charge in [0.2, 0.25) is 6.79 Å². The minimum absolute atomic E-state index is 0.172. The van der Waals surface area contributed by atoms with Crippen LogP contribution in [0.1, 0.15) is 23.7 Å². The molecule has 0 bridgehead atoms. The second-order valence-corrected chi connectivity index (χ2v) is 4.35. The maximum Gasteiger partial charge on any atom is 0.307 e. The van der Waals surface area contributed by atoms with Crippen LogP contribution in [0.2, 0.25) is 0 Å². The summed E-state index contributed by atoms with van der Waals surface area (Å²) < 4.78 is 15.2. The highest BCUT2D eigenvalue weighted by Gasteiger charge is 2.18. The molecule has 6 nitrogen and oxygen atoms in total. The summed E-state index contributed by atoms with van der Waals surface area (Å²) >= 11 is 0. The molecule has 6 heteroatoms. The highest BCUT2D eigenvalue weighted by Crippen LogP contribution is 2.32. The Labute approximate surface area is 117 Å². The summed E-state index contributed by atoms with van der Waals surface area (Å²) in [5.74, 6) is 0.718. The molecule has 0 fully saturated rings. The van der Waals surface area contributed by atoms with Crippen LogP contribution >= 0.6 is 0 Å². The quantitative estimate of drug-likeness (QED) is 0.763. The molecule has 0 unspecified atom stereocenters. The molecule has 108 valence electrons. The van der Waals surface area contributed by atoms with Gasteiger partial charge in [-0.05, 0) is 25.1 Å². The Morgan fingerprint density at radius 3 is 2.80 bits per heavy atom. The first-order chi connectivity index (χ1) is 9.61. The number of carbonyl (C=O) groups excluding carboxylic acids is 2. The minimum atomic E-state index is -0.308. The number of benzene rings is 1. The van der Waals surface area contributed by atoms with Crippen molar-refractivity contribution in [3.05, 3.63) is 23.8 Å². The molecule has 1 aliphatic rings. The molecule has 1 aromatic carbocycles. The van der Waals surface area contributed by atoms with Crippen molar-refractivity contribution in [2.45, 2.75) is 13.3 Å². The van der Waals surface area contributed by atoms with Gasteiger partial charge in [-0.25, -0.2) is 0 Å². The van der Waals surface area contributed by atoms with Crippen molar-refractivity contribution in [2.24, 2.45) is 0 Å². The molecule has 0 aliphatic carbocycles. The predicted octanol–water partition coefficient (Wildman–Crippen LogP) is 1.44. The van der Waals surface area contributed by atoms with E-state index in [0.29, 0.717) is 30.2 Å². The van der Waals surface area contributed by atoms with Crippen LogP contribution in [0, 0.1) is 0 Å². The summed E-state index contributed by atoms with van der Waals surface area (Å²) in [5.41, 5.74) is 0.501. The van der Waals surface area contributed by atoms with Gasteiger partial charge in [0.05, 0.1) is 13.0 Å². The first kappa shape index (κ1) is 14.2. The number of hydrogen-bond donors (Lipinski definition) is 0. The van der Waals surface area contributed by atoms with Crippen molar-refractivity contribution in [1.29, 1.82) is 0 Å².